The third-order valence-corrected chi connectivity index (χ3v) is 25.7. The van der Waals surface area contributed by atoms with E-state index < -0.39 is 42.2 Å². The van der Waals surface area contributed by atoms with Gasteiger partial charge in [-0.3, -0.25) is 28.5 Å². The number of hydrogen-bond donors (Lipinski definition) is 5. The van der Waals surface area contributed by atoms with E-state index in [0.29, 0.717) is 64.7 Å². The van der Waals surface area contributed by atoms with Gasteiger partial charge in [-0.05, 0) is 172 Å². The summed E-state index contributed by atoms with van der Waals surface area (Å²) in [5, 5.41) is 18.2. The van der Waals surface area contributed by atoms with Crippen LogP contribution in [0, 0.1) is 11.6 Å². The van der Waals surface area contributed by atoms with Crippen molar-refractivity contribution >= 4 is 153 Å². The smallest absolute Gasteiger partial charge is 0.263 e. The normalized spacial score (nSPS) is 16.0. The van der Waals surface area contributed by atoms with Crippen LogP contribution < -0.4 is 29.3 Å². The molecule has 3 fully saturated rings. The first-order chi connectivity index (χ1) is 51.5. The molecule has 3 aliphatic heterocycles. The molecule has 35 heteroatoms. The monoisotopic (exact) mass is 1600 g/mol. The van der Waals surface area contributed by atoms with Crippen molar-refractivity contribution in [3.05, 3.63) is 211 Å². The Morgan fingerprint density at radius 1 is 0.598 bits per heavy atom. The van der Waals surface area contributed by atoms with Crippen LogP contribution in [0.3, 0.4) is 0 Å². The number of halogens is 3. The van der Waals surface area contributed by atoms with E-state index in [0.717, 1.165) is 89.7 Å². The van der Waals surface area contributed by atoms with E-state index in [1.54, 1.807) is 112 Å². The molecule has 3 amide bonds. The topological polar surface area (TPSA) is 314 Å². The van der Waals surface area contributed by atoms with Crippen LogP contribution in [-0.4, -0.2) is 160 Å². The van der Waals surface area contributed by atoms with Gasteiger partial charge in [0.2, 0.25) is 28.0 Å². The first-order valence-electron chi connectivity index (χ1n) is 34.0. The number of carbonyl (C=O) groups is 3. The van der Waals surface area contributed by atoms with E-state index in [-0.39, 0.29) is 95.4 Å². The lowest BCUT2D eigenvalue weighted by Crippen LogP contribution is -2.57. The summed E-state index contributed by atoms with van der Waals surface area (Å²) >= 11 is 9.28. The quantitative estimate of drug-likeness (QED) is 0.0473. The molecule has 3 aliphatic rings. The van der Waals surface area contributed by atoms with Crippen LogP contribution in [0.1, 0.15) is 73.1 Å². The van der Waals surface area contributed by atoms with Gasteiger partial charge >= 0.3 is 0 Å². The van der Waals surface area contributed by atoms with Crippen molar-refractivity contribution in [3.8, 4) is 0 Å². The lowest BCUT2D eigenvalue weighted by atomic mass is 9.89. The summed E-state index contributed by atoms with van der Waals surface area (Å²) in [6, 6.07) is 39.5. The first kappa shape index (κ1) is 75.3. The third kappa shape index (κ3) is 17.4. The number of nitrogens with zero attached hydrogens (tertiary/aromatic N) is 12. The van der Waals surface area contributed by atoms with Gasteiger partial charge in [0.1, 0.15) is 42.9 Å². The van der Waals surface area contributed by atoms with E-state index >= 15 is 0 Å². The van der Waals surface area contributed by atoms with Crippen molar-refractivity contribution in [2.75, 3.05) is 76.4 Å². The van der Waals surface area contributed by atoms with Crippen LogP contribution in [0.15, 0.2) is 203 Å². The van der Waals surface area contributed by atoms with E-state index in [2.05, 4.69) is 48.1 Å². The lowest BCUT2D eigenvalue weighted by Gasteiger charge is -2.42. The Labute approximate surface area is 643 Å². The highest BCUT2D eigenvalue weighted by Crippen LogP contribution is 2.34. The van der Waals surface area contributed by atoms with Gasteiger partial charge < -0.3 is 43.7 Å². The molecule has 5 N–H and O–H groups in total. The van der Waals surface area contributed by atoms with E-state index in [4.69, 9.17) is 11.6 Å². The van der Waals surface area contributed by atoms with Gasteiger partial charge in [-0.1, -0.05) is 41.9 Å². The average molecular weight is 1600 g/mol. The second kappa shape index (κ2) is 32.6. The number of carbonyl (C=O) groups excluding carboxylic acids is 3. The van der Waals surface area contributed by atoms with Gasteiger partial charge in [-0.2, -0.15) is 8.75 Å². The molecule has 9 heterocycles. The van der Waals surface area contributed by atoms with Crippen molar-refractivity contribution in [1.29, 1.82) is 0 Å². The molecule has 0 bridgehead atoms. The summed E-state index contributed by atoms with van der Waals surface area (Å²) in [5.74, 6) is -0.534. The second-order valence-corrected chi connectivity index (χ2v) is 33.7. The Morgan fingerprint density at radius 2 is 1.14 bits per heavy atom. The van der Waals surface area contributed by atoms with Crippen LogP contribution in [0.25, 0.3) is 32.7 Å². The molecule has 12 aromatic rings. The number of piperazine rings is 1. The molecule has 0 spiro atoms. The van der Waals surface area contributed by atoms with Gasteiger partial charge in [0.15, 0.2) is 5.13 Å². The van der Waals surface area contributed by atoms with Gasteiger partial charge in [-0.25, -0.2) is 49.0 Å². The summed E-state index contributed by atoms with van der Waals surface area (Å²) in [5.41, 5.74) is 5.07. The van der Waals surface area contributed by atoms with Crippen molar-refractivity contribution in [2.24, 2.45) is 0 Å². The van der Waals surface area contributed by atoms with Crippen molar-refractivity contribution < 1.29 is 63.5 Å². The number of aliphatic hydroxyl groups excluding tert-OH is 1. The number of amides is 3. The number of benzene rings is 6. The number of sulfonamides is 3. The zero-order chi connectivity index (χ0) is 75.2. The standard InChI is InChI=1S/C24H24ClN5O4S2.C24H25FN6O3S2.C24H24FN5O3S2.7H2/c25-18-2-1-17-7-9-29(22(17)13-18)15-23(32)30-11-10-28(14-20(30)16-31)19-3-5-21(6-4-19)36(33,34)27-24-26-8-12-35-24;1-16(31-14-11-20-21(25)3-2-4-22(20)31)23(32)28-17-9-12-30(13-10-17)18-5-7-19(8-6-18)36(33,34)29-24-26-15-27-35-24;1-16(30-14-11-20-21(25)3-2-4-22(20)30)23(31)29-12-9-18(10-13-29)17-5-7-19(8-6-17)35(32,33)28-24-26-15-27-34-24;;;;;;;/h1-9,12-13,20,31H,10-11,14-16H2,(H,26,27);2-8,11,14-17H,9-10,12-13H2,1H3,(H,28,32)(H,26,27,29);2-8,11,14-16,18H,9-10,12-13H2,1H3,(H,26,27,28);7*1H/t20-;2*16-;;;;;;;/m101......./s1. The number of fused-ring (bicyclic) bond motifs is 3. The number of aliphatic hydroxyl groups is 1. The lowest BCUT2D eigenvalue weighted by molar-refractivity contribution is -0.136. The highest BCUT2D eigenvalue weighted by molar-refractivity contribution is 7.93. The third-order valence-electron chi connectivity index (χ3n) is 19.2. The number of piperidine rings is 2. The number of anilines is 5. The Balaban J connectivity index is 0.000000258. The van der Waals surface area contributed by atoms with E-state index in [1.807, 2.05) is 87.5 Å². The maximum absolute atomic E-state index is 14.0. The van der Waals surface area contributed by atoms with Crippen LogP contribution in [0.4, 0.5) is 35.6 Å². The molecule has 6 aromatic carbocycles. The number of aromatic nitrogens is 8. The summed E-state index contributed by atoms with van der Waals surface area (Å²) in [7, 11) is -11.2. The Morgan fingerprint density at radius 3 is 1.67 bits per heavy atom. The minimum atomic E-state index is -3.73. The Bertz CT molecular complexity index is 5490. The Kier molecular flexibility index (Phi) is 23.0. The first-order valence-corrected chi connectivity index (χ1v) is 41.3. The second-order valence-electron chi connectivity index (χ2n) is 25.7. The fraction of sp³-hybridized carbons (Fsp3) is 0.278. The molecule has 3 atom stereocenters. The van der Waals surface area contributed by atoms with Crippen molar-refractivity contribution in [3.63, 3.8) is 0 Å². The number of rotatable bonds is 20. The molecule has 15 rings (SSSR count). The van der Waals surface area contributed by atoms with E-state index in [9.17, 15) is 53.5 Å². The fourth-order valence-corrected chi connectivity index (χ4v) is 18.7. The molecule has 6 aromatic heterocycles. The van der Waals surface area contributed by atoms with Gasteiger partial charge in [0.05, 0.1) is 38.4 Å². The number of nitrogens with one attached hydrogen (secondary N) is 4. The minimum absolute atomic E-state index is 0. The average Bonchev–Trinajstić information content (AvgIpc) is 1.70. The van der Waals surface area contributed by atoms with Gasteiger partial charge in [0.25, 0.3) is 30.1 Å². The molecule has 0 radical (unpaired) electrons. The fourth-order valence-electron chi connectivity index (χ4n) is 13.5. The van der Waals surface area contributed by atoms with Gasteiger partial charge in [-0.15, -0.1) is 11.3 Å². The largest absolute Gasteiger partial charge is 0.394 e. The van der Waals surface area contributed by atoms with Crippen LogP contribution in [0.5, 0.6) is 0 Å². The number of thiazole rings is 1. The summed E-state index contributed by atoms with van der Waals surface area (Å²) in [6.07, 6.45) is 12.6. The van der Waals surface area contributed by atoms with Gasteiger partial charge in [0, 0.05) is 148 Å². The number of likely N-dealkylation sites (tertiary alicyclic amines) is 1. The van der Waals surface area contributed by atoms with Crippen molar-refractivity contribution in [1.82, 2.24) is 52.5 Å². The highest BCUT2D eigenvalue weighted by Gasteiger charge is 2.33. The molecule has 3 saturated heterocycles. The van der Waals surface area contributed by atoms with E-state index in [1.165, 1.54) is 42.3 Å². The zero-order valence-corrected chi connectivity index (χ0v) is 63.2. The maximum atomic E-state index is 14.0. The summed E-state index contributed by atoms with van der Waals surface area (Å²) < 4.78 is 124. The highest BCUT2D eigenvalue weighted by atomic mass is 35.5. The molecule has 0 unspecified atom stereocenters. The Hall–Kier alpha value is -9.94. The summed E-state index contributed by atoms with van der Waals surface area (Å²) in [4.78, 5) is 59.1. The molecule has 572 valence electrons. The van der Waals surface area contributed by atoms with Crippen LogP contribution >= 0.6 is 46.0 Å². The SMILES string of the molecule is C[C@@H](C(=O)NC1CCN(c2ccc(S(=O)(=O)Nc3ncns3)cc2)CC1)n1ccc2c(F)cccc21.C[C@H](C(=O)N1CCC(c2ccc(S(=O)(=O)Nc3ncns3)cc2)CC1)n1ccc2c(F)cccc21.O=C(Cn1ccc2ccc(Cl)cc21)N1CCN(c2ccc(S(=O)(=O)Nc3nccs3)cc2)C[C@@H]1CO.[HH].[HH].[HH].[HH].[HH].[HH].[HH]. The molecule has 26 nitrogen and oxygen atoms in total. The minimum Gasteiger partial charge on any atom is -0.394 e. The number of hydrogen-bond acceptors (Lipinski definition) is 20. The predicted octanol–water partition coefficient (Wildman–Crippen LogP) is 13.2. The maximum Gasteiger partial charge on any atom is 0.263 e. The van der Waals surface area contributed by atoms with Crippen LogP contribution in [-0.2, 0) is 51.0 Å². The molecular weight excluding hydrogens is 1510 g/mol. The zero-order valence-electron chi connectivity index (χ0n) is 57.5. The van der Waals surface area contributed by atoms with Crippen molar-refractivity contribution in [2.45, 2.75) is 90.8 Å². The summed E-state index contributed by atoms with van der Waals surface area (Å²) in [6.45, 7) is 7.74. The molecule has 0 saturated carbocycles. The van der Waals surface area contributed by atoms with Crippen LogP contribution in [0.2, 0.25) is 5.02 Å². The molecule has 107 heavy (non-hydrogen) atoms. The molecule has 0 aliphatic carbocycles. The predicted molar refractivity (Wildman–Crippen MR) is 425 cm³/mol. The molecular formula is C72H87ClF2N16O10S6.